The quantitative estimate of drug-likeness (QED) is 0.528. The third-order valence-corrected chi connectivity index (χ3v) is 4.89. The summed E-state index contributed by atoms with van der Waals surface area (Å²) in [5.41, 5.74) is 5.19. The molecule has 136 valence electrons. The number of hydrogen-bond acceptors (Lipinski definition) is 4. The van der Waals surface area contributed by atoms with Gasteiger partial charge in [-0.25, -0.2) is 0 Å². The molecule has 0 fully saturated rings. The molecule has 0 saturated carbocycles. The Labute approximate surface area is 157 Å². The molecule has 0 radical (unpaired) electrons. The molecule has 2 aromatic heterocycles. The highest BCUT2D eigenvalue weighted by Crippen LogP contribution is 2.27. The van der Waals surface area contributed by atoms with Crippen LogP contribution in [0.4, 0.5) is 5.69 Å². The number of carbonyl (C=O) groups excluding carboxylic acids is 1. The van der Waals surface area contributed by atoms with Crippen molar-refractivity contribution in [2.75, 3.05) is 11.9 Å². The van der Waals surface area contributed by atoms with Gasteiger partial charge in [0.25, 0.3) is 5.91 Å². The Hall–Kier alpha value is -3.41. The number of fused-ring (bicyclic) bond motifs is 1. The van der Waals surface area contributed by atoms with Gasteiger partial charge in [0, 0.05) is 29.6 Å². The van der Waals surface area contributed by atoms with Gasteiger partial charge in [-0.05, 0) is 38.1 Å². The number of rotatable bonds is 4. The summed E-state index contributed by atoms with van der Waals surface area (Å²) in [5, 5.41) is 8.41. The van der Waals surface area contributed by atoms with Gasteiger partial charge in [-0.2, -0.15) is 5.10 Å². The molecule has 0 atom stereocenters. The van der Waals surface area contributed by atoms with E-state index in [4.69, 9.17) is 4.42 Å². The highest BCUT2D eigenvalue weighted by molar-refractivity contribution is 6.54. The summed E-state index contributed by atoms with van der Waals surface area (Å²) >= 11 is 0. The first-order valence-electron chi connectivity index (χ1n) is 8.74. The number of aromatic nitrogens is 1. The molecule has 0 unspecified atom stereocenters. The summed E-state index contributed by atoms with van der Waals surface area (Å²) < 4.78 is 7.61. The minimum atomic E-state index is -0.142. The molecular weight excluding hydrogens is 340 g/mol. The van der Waals surface area contributed by atoms with E-state index in [0.717, 1.165) is 34.0 Å². The lowest BCUT2D eigenvalue weighted by Crippen LogP contribution is -2.25. The fourth-order valence-electron chi connectivity index (χ4n) is 3.36. The highest BCUT2D eigenvalue weighted by atomic mass is 16.3. The molecule has 6 heteroatoms. The van der Waals surface area contributed by atoms with Crippen molar-refractivity contribution in [1.82, 2.24) is 4.57 Å². The van der Waals surface area contributed by atoms with Crippen molar-refractivity contribution in [2.45, 2.75) is 20.4 Å². The first-order chi connectivity index (χ1) is 13.1. The van der Waals surface area contributed by atoms with Gasteiger partial charge < -0.3 is 13.9 Å². The van der Waals surface area contributed by atoms with Crippen molar-refractivity contribution < 1.29 is 9.21 Å². The first-order valence-corrected chi connectivity index (χ1v) is 8.74. The average molecular weight is 360 g/mol. The average Bonchev–Trinajstić information content (AvgIpc) is 3.34. The molecule has 0 aliphatic carbocycles. The van der Waals surface area contributed by atoms with E-state index >= 15 is 0 Å². The molecule has 3 aromatic rings. The smallest absolute Gasteiger partial charge is 0.279 e. The summed E-state index contributed by atoms with van der Waals surface area (Å²) in [7, 11) is 1.75. The van der Waals surface area contributed by atoms with Crippen molar-refractivity contribution in [3.05, 3.63) is 77.0 Å². The largest absolute Gasteiger partial charge is 0.467 e. The van der Waals surface area contributed by atoms with Crippen LogP contribution in [0.1, 0.15) is 28.3 Å². The maximum atomic E-state index is 12.4. The second-order valence-electron chi connectivity index (χ2n) is 6.57. The number of aryl methyl sites for hydroxylation is 1. The van der Waals surface area contributed by atoms with Crippen LogP contribution in [0.5, 0.6) is 0 Å². The van der Waals surface area contributed by atoms with E-state index in [1.807, 2.05) is 50.2 Å². The predicted octanol–water partition coefficient (Wildman–Crippen LogP) is 3.55. The maximum Gasteiger partial charge on any atom is 0.279 e. The zero-order valence-electron chi connectivity index (χ0n) is 15.5. The lowest BCUT2D eigenvalue weighted by molar-refractivity contribution is -0.111. The Morgan fingerprint density at radius 1 is 1.15 bits per heavy atom. The number of nitrogens with zero attached hydrogens (tertiary/aromatic N) is 4. The highest BCUT2D eigenvalue weighted by Gasteiger charge is 2.31. The predicted molar refractivity (Wildman–Crippen MR) is 106 cm³/mol. The fraction of sp³-hybridized carbons (Fsp3) is 0.190. The Balaban J connectivity index is 1.61. The lowest BCUT2D eigenvalue weighted by Gasteiger charge is -2.07. The van der Waals surface area contributed by atoms with E-state index in [0.29, 0.717) is 12.3 Å². The van der Waals surface area contributed by atoms with Crippen molar-refractivity contribution in [2.24, 2.45) is 10.2 Å². The molecule has 1 aliphatic heterocycles. The molecule has 27 heavy (non-hydrogen) atoms. The van der Waals surface area contributed by atoms with Gasteiger partial charge in [-0.3, -0.25) is 4.79 Å². The SMILES string of the molecule is Cc1cc(/C=N\N=C2\C(=O)N(C)c3ccccc32)c(C)n1Cc1ccco1. The molecule has 0 spiro atoms. The van der Waals surface area contributed by atoms with Crippen LogP contribution in [-0.4, -0.2) is 29.4 Å². The summed E-state index contributed by atoms with van der Waals surface area (Å²) in [4.78, 5) is 14.0. The van der Waals surface area contributed by atoms with Gasteiger partial charge in [-0.1, -0.05) is 18.2 Å². The number of furan rings is 1. The zero-order valence-corrected chi connectivity index (χ0v) is 15.5. The van der Waals surface area contributed by atoms with Crippen LogP contribution in [0.3, 0.4) is 0 Å². The Bertz CT molecular complexity index is 1060. The molecule has 0 N–H and O–H groups in total. The van der Waals surface area contributed by atoms with Gasteiger partial charge in [0.1, 0.15) is 5.76 Å². The second-order valence-corrected chi connectivity index (χ2v) is 6.57. The monoisotopic (exact) mass is 360 g/mol. The normalized spacial score (nSPS) is 15.3. The number of carbonyl (C=O) groups is 1. The second kappa shape index (κ2) is 6.72. The van der Waals surface area contributed by atoms with Crippen LogP contribution < -0.4 is 4.90 Å². The van der Waals surface area contributed by atoms with Crippen LogP contribution in [-0.2, 0) is 11.3 Å². The minimum Gasteiger partial charge on any atom is -0.467 e. The number of anilines is 1. The standard InChI is InChI=1S/C21H20N4O2/c1-14-11-16(15(2)25(14)13-17-7-6-10-27-17)12-22-23-20-18-8-4-5-9-19(18)24(3)21(20)26/h4-12H,13H2,1-3H3/b22-12-,23-20+. The fourth-order valence-corrected chi connectivity index (χ4v) is 3.36. The topological polar surface area (TPSA) is 63.1 Å². The summed E-state index contributed by atoms with van der Waals surface area (Å²) in [6.45, 7) is 4.75. The zero-order chi connectivity index (χ0) is 19.0. The number of amides is 1. The van der Waals surface area contributed by atoms with Crippen LogP contribution in [0.15, 0.2) is 63.3 Å². The van der Waals surface area contributed by atoms with Crippen LogP contribution >= 0.6 is 0 Å². The van der Waals surface area contributed by atoms with E-state index in [1.165, 1.54) is 0 Å². The van der Waals surface area contributed by atoms with Crippen molar-refractivity contribution >= 4 is 23.5 Å². The van der Waals surface area contributed by atoms with Gasteiger partial charge >= 0.3 is 0 Å². The maximum absolute atomic E-state index is 12.4. The molecule has 1 aromatic carbocycles. The van der Waals surface area contributed by atoms with Crippen LogP contribution in [0, 0.1) is 13.8 Å². The Morgan fingerprint density at radius 3 is 2.74 bits per heavy atom. The third kappa shape index (κ3) is 2.99. The first kappa shape index (κ1) is 17.0. The number of likely N-dealkylation sites (N-methyl/N-ethyl adjacent to an activating group) is 1. The van der Waals surface area contributed by atoms with E-state index in [-0.39, 0.29) is 5.91 Å². The molecule has 3 heterocycles. The molecule has 1 aliphatic rings. The van der Waals surface area contributed by atoms with Gasteiger partial charge in [0.15, 0.2) is 5.71 Å². The number of para-hydroxylation sites is 1. The van der Waals surface area contributed by atoms with Crippen molar-refractivity contribution in [1.29, 1.82) is 0 Å². The number of hydrogen-bond donors (Lipinski definition) is 0. The molecule has 4 rings (SSSR count). The Morgan fingerprint density at radius 2 is 1.96 bits per heavy atom. The van der Waals surface area contributed by atoms with Gasteiger partial charge in [-0.15, -0.1) is 5.10 Å². The summed E-state index contributed by atoms with van der Waals surface area (Å²) in [6.07, 6.45) is 3.37. The molecule has 0 bridgehead atoms. The van der Waals surface area contributed by atoms with Gasteiger partial charge in [0.05, 0.1) is 24.7 Å². The third-order valence-electron chi connectivity index (χ3n) is 4.89. The van der Waals surface area contributed by atoms with E-state index in [2.05, 4.69) is 20.8 Å². The Kier molecular flexibility index (Phi) is 4.24. The summed E-state index contributed by atoms with van der Waals surface area (Å²) in [5.74, 6) is 0.758. The lowest BCUT2D eigenvalue weighted by atomic mass is 10.1. The molecular formula is C21H20N4O2. The number of benzene rings is 1. The van der Waals surface area contributed by atoms with Crippen molar-refractivity contribution in [3.63, 3.8) is 0 Å². The molecule has 0 saturated heterocycles. The van der Waals surface area contributed by atoms with Crippen LogP contribution in [0.25, 0.3) is 0 Å². The van der Waals surface area contributed by atoms with E-state index in [1.54, 1.807) is 24.4 Å². The van der Waals surface area contributed by atoms with Gasteiger partial charge in [0.2, 0.25) is 0 Å². The summed E-state index contributed by atoms with van der Waals surface area (Å²) in [6, 6.07) is 13.5. The molecule has 1 amide bonds. The molecule has 6 nitrogen and oxygen atoms in total. The minimum absolute atomic E-state index is 0.142. The van der Waals surface area contributed by atoms with E-state index < -0.39 is 0 Å². The van der Waals surface area contributed by atoms with Crippen molar-refractivity contribution in [3.8, 4) is 0 Å². The van der Waals surface area contributed by atoms with Crippen LogP contribution in [0.2, 0.25) is 0 Å². The van der Waals surface area contributed by atoms with E-state index in [9.17, 15) is 4.79 Å².